The molecule has 6 nitrogen and oxygen atoms in total. The van der Waals surface area contributed by atoms with E-state index in [2.05, 4.69) is 5.32 Å². The van der Waals surface area contributed by atoms with Crippen molar-refractivity contribution in [3.8, 4) is 11.5 Å². The number of halogens is 1. The summed E-state index contributed by atoms with van der Waals surface area (Å²) in [7, 11) is -2.07. The summed E-state index contributed by atoms with van der Waals surface area (Å²) in [5.74, 6) is 1.32. The molecule has 0 aliphatic rings. The molecule has 0 fully saturated rings. The third-order valence-corrected chi connectivity index (χ3v) is 5.07. The molecular weight excluding hydrogens is 388 g/mol. The molecule has 0 atom stereocenters. The Hall–Kier alpha value is -1.80. The summed E-state index contributed by atoms with van der Waals surface area (Å²) >= 11 is 6.17. The molecule has 0 saturated carbocycles. The Morgan fingerprint density at radius 3 is 2.48 bits per heavy atom. The van der Waals surface area contributed by atoms with E-state index in [0.717, 1.165) is 24.0 Å². The molecule has 0 radical (unpaired) electrons. The molecule has 8 heteroatoms. The minimum Gasteiger partial charge on any atom is -0.493 e. The number of hydrogen-bond acceptors (Lipinski definition) is 5. The Morgan fingerprint density at radius 2 is 1.89 bits per heavy atom. The first kappa shape index (κ1) is 21.5. The van der Waals surface area contributed by atoms with Crippen molar-refractivity contribution >= 4 is 21.6 Å². The van der Waals surface area contributed by atoms with Gasteiger partial charge in [0.05, 0.1) is 18.6 Å². The molecule has 0 unspecified atom stereocenters. The smallest absolute Gasteiger partial charge is 0.238 e. The summed E-state index contributed by atoms with van der Waals surface area (Å²) in [5, 5.41) is 9.05. The van der Waals surface area contributed by atoms with Gasteiger partial charge in [-0.25, -0.2) is 13.6 Å². The summed E-state index contributed by atoms with van der Waals surface area (Å²) in [6, 6.07) is 10.2. The van der Waals surface area contributed by atoms with Crippen molar-refractivity contribution in [1.29, 1.82) is 0 Å². The summed E-state index contributed by atoms with van der Waals surface area (Å²) in [6.07, 6.45) is 1.64. The van der Waals surface area contributed by atoms with Gasteiger partial charge in [-0.05, 0) is 43.1 Å². The average Bonchev–Trinajstić information content (AvgIpc) is 2.63. The van der Waals surface area contributed by atoms with Crippen molar-refractivity contribution in [1.82, 2.24) is 5.32 Å². The van der Waals surface area contributed by atoms with Gasteiger partial charge < -0.3 is 14.8 Å². The molecule has 0 aromatic heterocycles. The molecule has 2 rings (SSSR count). The van der Waals surface area contributed by atoms with Gasteiger partial charge in [-0.3, -0.25) is 0 Å². The van der Waals surface area contributed by atoms with Gasteiger partial charge in [-0.15, -0.1) is 0 Å². The van der Waals surface area contributed by atoms with Gasteiger partial charge in [0.15, 0.2) is 11.5 Å². The SMILES string of the molecule is CCCOc1c(CNCCc2ccc(S(N)(=O)=O)cc2)cc(Cl)cc1OC. The zero-order chi connectivity index (χ0) is 19.9. The van der Waals surface area contributed by atoms with Crippen molar-refractivity contribution < 1.29 is 17.9 Å². The molecule has 0 aliphatic carbocycles. The maximum Gasteiger partial charge on any atom is 0.238 e. The minimum absolute atomic E-state index is 0.114. The lowest BCUT2D eigenvalue weighted by atomic mass is 10.1. The van der Waals surface area contributed by atoms with Crippen LogP contribution in [-0.2, 0) is 23.0 Å². The zero-order valence-electron chi connectivity index (χ0n) is 15.5. The third kappa shape index (κ3) is 6.39. The molecular formula is C19H25ClN2O4S. The maximum atomic E-state index is 11.3. The lowest BCUT2D eigenvalue weighted by molar-refractivity contribution is 0.290. The van der Waals surface area contributed by atoms with Crippen LogP contribution in [0.1, 0.15) is 24.5 Å². The molecule has 2 aromatic carbocycles. The second-order valence-corrected chi connectivity index (χ2v) is 8.06. The van der Waals surface area contributed by atoms with Gasteiger partial charge in [0.1, 0.15) is 0 Å². The van der Waals surface area contributed by atoms with Crippen molar-refractivity contribution in [3.63, 3.8) is 0 Å². The lowest BCUT2D eigenvalue weighted by Crippen LogP contribution is -2.18. The van der Waals surface area contributed by atoms with Crippen LogP contribution in [0.4, 0.5) is 0 Å². The van der Waals surface area contributed by atoms with E-state index in [1.54, 1.807) is 25.3 Å². The molecule has 0 heterocycles. The standard InChI is InChI=1S/C19H25ClN2O4S/c1-3-10-26-19-15(11-16(20)12-18(19)25-2)13-22-9-8-14-4-6-17(7-5-14)27(21,23)24/h4-7,11-12,22H,3,8-10,13H2,1-2H3,(H2,21,23,24). The molecule has 148 valence electrons. The average molecular weight is 413 g/mol. The summed E-state index contributed by atoms with van der Waals surface area (Å²) in [6.45, 7) is 3.92. The molecule has 3 N–H and O–H groups in total. The normalized spacial score (nSPS) is 11.4. The molecule has 27 heavy (non-hydrogen) atoms. The molecule has 0 amide bonds. The first-order valence-electron chi connectivity index (χ1n) is 8.66. The van der Waals surface area contributed by atoms with Gasteiger partial charge in [0, 0.05) is 23.2 Å². The highest BCUT2D eigenvalue weighted by Gasteiger charge is 2.13. The Kier molecular flexibility index (Phi) is 7.91. The molecule has 0 bridgehead atoms. The molecule has 0 aliphatic heterocycles. The van der Waals surface area contributed by atoms with Crippen LogP contribution in [0.25, 0.3) is 0 Å². The van der Waals surface area contributed by atoms with Crippen LogP contribution < -0.4 is 19.9 Å². The van der Waals surface area contributed by atoms with Crippen molar-refractivity contribution in [2.75, 3.05) is 20.3 Å². The quantitative estimate of drug-likeness (QED) is 0.585. The second kappa shape index (κ2) is 9.94. The number of hydrogen-bond donors (Lipinski definition) is 2. The first-order chi connectivity index (χ1) is 12.8. The van der Waals surface area contributed by atoms with Gasteiger partial charge in [0.2, 0.25) is 10.0 Å². The van der Waals surface area contributed by atoms with Gasteiger partial charge in [-0.1, -0.05) is 30.7 Å². The highest BCUT2D eigenvalue weighted by atomic mass is 35.5. The summed E-state index contributed by atoms with van der Waals surface area (Å²) in [4.78, 5) is 0.114. The lowest BCUT2D eigenvalue weighted by Gasteiger charge is -2.16. The Morgan fingerprint density at radius 1 is 1.19 bits per heavy atom. The van der Waals surface area contributed by atoms with Gasteiger partial charge >= 0.3 is 0 Å². The van der Waals surface area contributed by atoms with Crippen molar-refractivity contribution in [3.05, 3.63) is 52.5 Å². The van der Waals surface area contributed by atoms with Crippen molar-refractivity contribution in [2.24, 2.45) is 5.14 Å². The van der Waals surface area contributed by atoms with Gasteiger partial charge in [0.25, 0.3) is 0 Å². The predicted molar refractivity (Wildman–Crippen MR) is 107 cm³/mol. The zero-order valence-corrected chi connectivity index (χ0v) is 17.1. The monoisotopic (exact) mass is 412 g/mol. The number of rotatable bonds is 10. The van der Waals surface area contributed by atoms with Crippen LogP contribution in [0, 0.1) is 0 Å². The first-order valence-corrected chi connectivity index (χ1v) is 10.6. The molecule has 0 saturated heterocycles. The number of primary sulfonamides is 1. The minimum atomic E-state index is -3.66. The Bertz CT molecular complexity index is 855. The van der Waals surface area contributed by atoms with E-state index < -0.39 is 10.0 Å². The highest BCUT2D eigenvalue weighted by molar-refractivity contribution is 7.89. The van der Waals surface area contributed by atoms with E-state index in [1.807, 2.05) is 13.0 Å². The maximum absolute atomic E-state index is 11.3. The summed E-state index contributed by atoms with van der Waals surface area (Å²) in [5.41, 5.74) is 1.94. The van der Waals surface area contributed by atoms with Crippen molar-refractivity contribution in [2.45, 2.75) is 31.2 Å². The van der Waals surface area contributed by atoms with E-state index in [0.29, 0.717) is 36.2 Å². The van der Waals surface area contributed by atoms with E-state index >= 15 is 0 Å². The number of ether oxygens (including phenoxy) is 2. The topological polar surface area (TPSA) is 90.6 Å². The van der Waals surface area contributed by atoms with Crippen LogP contribution in [-0.4, -0.2) is 28.7 Å². The van der Waals surface area contributed by atoms with Gasteiger partial charge in [-0.2, -0.15) is 0 Å². The van der Waals surface area contributed by atoms with E-state index in [1.165, 1.54) is 12.1 Å². The van der Waals surface area contributed by atoms with Crippen LogP contribution in [0.3, 0.4) is 0 Å². The Labute approximate surface area is 165 Å². The number of sulfonamides is 1. The summed E-state index contributed by atoms with van der Waals surface area (Å²) < 4.78 is 33.8. The number of nitrogens with one attached hydrogen (secondary N) is 1. The fourth-order valence-electron chi connectivity index (χ4n) is 2.58. The number of nitrogens with two attached hydrogens (primary N) is 1. The Balaban J connectivity index is 1.97. The third-order valence-electron chi connectivity index (χ3n) is 3.92. The fourth-order valence-corrected chi connectivity index (χ4v) is 3.32. The fraction of sp³-hybridized carbons (Fsp3) is 0.368. The second-order valence-electron chi connectivity index (χ2n) is 6.06. The van der Waals surface area contributed by atoms with Crippen LogP contribution in [0.2, 0.25) is 5.02 Å². The van der Waals surface area contributed by atoms with Crippen LogP contribution in [0.5, 0.6) is 11.5 Å². The van der Waals surface area contributed by atoms with E-state index in [9.17, 15) is 8.42 Å². The molecule has 0 spiro atoms. The number of benzene rings is 2. The largest absolute Gasteiger partial charge is 0.493 e. The van der Waals surface area contributed by atoms with Crippen LogP contribution in [0.15, 0.2) is 41.3 Å². The van der Waals surface area contributed by atoms with Crippen LogP contribution >= 0.6 is 11.6 Å². The highest BCUT2D eigenvalue weighted by Crippen LogP contribution is 2.34. The van der Waals surface area contributed by atoms with E-state index in [-0.39, 0.29) is 4.90 Å². The van der Waals surface area contributed by atoms with E-state index in [4.69, 9.17) is 26.2 Å². The number of methoxy groups -OCH3 is 1. The predicted octanol–water partition coefficient (Wildman–Crippen LogP) is 3.12. The molecule has 2 aromatic rings.